The van der Waals surface area contributed by atoms with Crippen molar-refractivity contribution in [1.29, 1.82) is 0 Å². The highest BCUT2D eigenvalue weighted by atomic mass is 79.9. The van der Waals surface area contributed by atoms with Gasteiger partial charge in [-0.25, -0.2) is 4.68 Å². The number of carbonyl (C=O) groups is 1. The van der Waals surface area contributed by atoms with Crippen molar-refractivity contribution in [2.45, 2.75) is 10.9 Å². The Morgan fingerprint density at radius 2 is 2.27 bits per heavy atom. The number of thioether (sulfide) groups is 1. The molecule has 112 valence electrons. The van der Waals surface area contributed by atoms with Crippen LogP contribution in [0, 0.1) is 0 Å². The highest BCUT2D eigenvalue weighted by Crippen LogP contribution is 2.28. The van der Waals surface area contributed by atoms with Crippen molar-refractivity contribution in [3.05, 3.63) is 44.2 Å². The summed E-state index contributed by atoms with van der Waals surface area (Å²) in [6, 6.07) is 3.51. The highest BCUT2D eigenvalue weighted by molar-refractivity contribution is 9.10. The zero-order chi connectivity index (χ0) is 15.7. The molecule has 0 aliphatic carbocycles. The van der Waals surface area contributed by atoms with Gasteiger partial charge in [-0.3, -0.25) is 9.59 Å². The SMILES string of the molecule is Cn1nnnc1SCc1cc(Br)cc2c(=O)c(C=O)coc12. The zero-order valence-electron chi connectivity index (χ0n) is 11.3. The molecule has 7 nitrogen and oxygen atoms in total. The first-order valence-electron chi connectivity index (χ1n) is 6.14. The number of tetrazole rings is 1. The molecule has 3 aromatic rings. The number of benzene rings is 1. The van der Waals surface area contributed by atoms with E-state index < -0.39 is 0 Å². The van der Waals surface area contributed by atoms with Gasteiger partial charge in [0, 0.05) is 22.8 Å². The second kappa shape index (κ2) is 6.01. The number of rotatable bonds is 4. The fourth-order valence-electron chi connectivity index (χ4n) is 1.96. The van der Waals surface area contributed by atoms with Crippen molar-refractivity contribution in [3.8, 4) is 0 Å². The Kier molecular flexibility index (Phi) is 4.08. The molecule has 0 saturated carbocycles. The molecule has 3 rings (SSSR count). The minimum atomic E-state index is -0.343. The number of aromatic nitrogens is 4. The first-order chi connectivity index (χ1) is 10.6. The van der Waals surface area contributed by atoms with E-state index in [1.807, 2.05) is 6.07 Å². The van der Waals surface area contributed by atoms with Crippen molar-refractivity contribution in [2.75, 3.05) is 0 Å². The van der Waals surface area contributed by atoms with E-state index in [2.05, 4.69) is 31.5 Å². The molecule has 9 heteroatoms. The maximum atomic E-state index is 12.2. The molecule has 0 atom stereocenters. The monoisotopic (exact) mass is 380 g/mol. The molecule has 0 unspecified atom stereocenters. The van der Waals surface area contributed by atoms with Crippen LogP contribution < -0.4 is 5.43 Å². The summed E-state index contributed by atoms with van der Waals surface area (Å²) < 4.78 is 7.78. The van der Waals surface area contributed by atoms with Gasteiger partial charge in [0.1, 0.15) is 11.8 Å². The van der Waals surface area contributed by atoms with Crippen LogP contribution in [0.4, 0.5) is 0 Å². The van der Waals surface area contributed by atoms with Crippen LogP contribution in [0.2, 0.25) is 0 Å². The van der Waals surface area contributed by atoms with E-state index in [0.29, 0.717) is 28.2 Å². The zero-order valence-corrected chi connectivity index (χ0v) is 13.7. The van der Waals surface area contributed by atoms with Gasteiger partial charge in [-0.05, 0) is 22.6 Å². The summed E-state index contributed by atoms with van der Waals surface area (Å²) in [5.41, 5.74) is 0.930. The lowest BCUT2D eigenvalue weighted by molar-refractivity contribution is 0.112. The van der Waals surface area contributed by atoms with Crippen molar-refractivity contribution in [3.63, 3.8) is 0 Å². The molecule has 0 radical (unpaired) electrons. The molecule has 1 aromatic carbocycles. The van der Waals surface area contributed by atoms with Crippen molar-refractivity contribution in [2.24, 2.45) is 7.05 Å². The molecule has 22 heavy (non-hydrogen) atoms. The number of nitrogens with zero attached hydrogens (tertiary/aromatic N) is 4. The van der Waals surface area contributed by atoms with E-state index in [9.17, 15) is 9.59 Å². The molecule has 0 N–H and O–H groups in total. The molecule has 0 fully saturated rings. The van der Waals surface area contributed by atoms with Gasteiger partial charge in [-0.1, -0.05) is 27.7 Å². The summed E-state index contributed by atoms with van der Waals surface area (Å²) in [4.78, 5) is 23.1. The van der Waals surface area contributed by atoms with Gasteiger partial charge < -0.3 is 4.42 Å². The molecular weight excluding hydrogens is 372 g/mol. The van der Waals surface area contributed by atoms with Crippen LogP contribution in [0.25, 0.3) is 11.0 Å². The minimum absolute atomic E-state index is 0.00158. The lowest BCUT2D eigenvalue weighted by Gasteiger charge is -2.06. The molecule has 0 amide bonds. The van der Waals surface area contributed by atoms with Crippen LogP contribution in [0.3, 0.4) is 0 Å². The summed E-state index contributed by atoms with van der Waals surface area (Å²) in [6.45, 7) is 0. The Bertz CT molecular complexity index is 921. The molecule has 0 bridgehead atoms. The van der Waals surface area contributed by atoms with Gasteiger partial charge >= 0.3 is 0 Å². The maximum absolute atomic E-state index is 12.2. The van der Waals surface area contributed by atoms with Gasteiger partial charge in [0.15, 0.2) is 6.29 Å². The quantitative estimate of drug-likeness (QED) is 0.505. The first kappa shape index (κ1) is 14.9. The third-order valence-electron chi connectivity index (χ3n) is 3.01. The van der Waals surface area contributed by atoms with Crippen molar-refractivity contribution in [1.82, 2.24) is 20.2 Å². The number of halogens is 1. The smallest absolute Gasteiger partial charge is 0.209 e. The normalized spacial score (nSPS) is 11.0. The number of aldehydes is 1. The maximum Gasteiger partial charge on any atom is 0.209 e. The predicted octanol–water partition coefficient (Wildman–Crippen LogP) is 2.18. The van der Waals surface area contributed by atoms with Crippen LogP contribution in [-0.4, -0.2) is 26.5 Å². The molecule has 0 saturated heterocycles. The van der Waals surface area contributed by atoms with Gasteiger partial charge in [0.2, 0.25) is 10.6 Å². The molecule has 2 heterocycles. The van der Waals surface area contributed by atoms with Gasteiger partial charge in [-0.2, -0.15) is 0 Å². The van der Waals surface area contributed by atoms with Crippen LogP contribution >= 0.6 is 27.7 Å². The highest BCUT2D eigenvalue weighted by Gasteiger charge is 2.13. The van der Waals surface area contributed by atoms with E-state index in [1.165, 1.54) is 18.0 Å². The second-order valence-electron chi connectivity index (χ2n) is 4.45. The average Bonchev–Trinajstić information content (AvgIpc) is 2.91. The molecule has 0 aliphatic rings. The molecule has 0 spiro atoms. The van der Waals surface area contributed by atoms with E-state index in [4.69, 9.17) is 4.42 Å². The minimum Gasteiger partial charge on any atom is -0.463 e. The Morgan fingerprint density at radius 1 is 1.45 bits per heavy atom. The van der Waals surface area contributed by atoms with Crippen LogP contribution in [0.5, 0.6) is 0 Å². The van der Waals surface area contributed by atoms with E-state index in [0.717, 1.165) is 10.0 Å². The summed E-state index contributed by atoms with van der Waals surface area (Å²) in [5, 5.41) is 12.2. The van der Waals surface area contributed by atoms with Crippen molar-refractivity contribution >= 4 is 44.9 Å². The standard InChI is InChI=1S/C13H9BrN4O3S/c1-18-13(15-16-17-18)22-6-7-2-9(14)3-10-11(20)8(4-19)5-21-12(7)10/h2-5H,6H2,1H3. The fourth-order valence-corrected chi connectivity index (χ4v) is 3.29. The van der Waals surface area contributed by atoms with Crippen LogP contribution in [0.1, 0.15) is 15.9 Å². The van der Waals surface area contributed by atoms with Gasteiger partial charge in [0.25, 0.3) is 0 Å². The number of hydrogen-bond donors (Lipinski definition) is 0. The predicted molar refractivity (Wildman–Crippen MR) is 83.9 cm³/mol. The lowest BCUT2D eigenvalue weighted by Crippen LogP contribution is -2.08. The largest absolute Gasteiger partial charge is 0.463 e. The third kappa shape index (κ3) is 2.69. The average molecular weight is 381 g/mol. The summed E-state index contributed by atoms with van der Waals surface area (Å²) >= 11 is 4.79. The van der Waals surface area contributed by atoms with Gasteiger partial charge in [0.05, 0.1) is 10.9 Å². The lowest BCUT2D eigenvalue weighted by atomic mass is 10.1. The topological polar surface area (TPSA) is 90.9 Å². The Hall–Kier alpha value is -2.00. The van der Waals surface area contributed by atoms with E-state index >= 15 is 0 Å². The Morgan fingerprint density at radius 3 is 2.95 bits per heavy atom. The van der Waals surface area contributed by atoms with E-state index in [1.54, 1.807) is 17.8 Å². The van der Waals surface area contributed by atoms with Crippen LogP contribution in [-0.2, 0) is 12.8 Å². The number of carbonyl (C=O) groups excluding carboxylic acids is 1. The fraction of sp³-hybridized carbons (Fsp3) is 0.154. The Labute approximate surface area is 136 Å². The number of hydrogen-bond acceptors (Lipinski definition) is 7. The Balaban J connectivity index is 2.06. The number of aryl methyl sites for hydroxylation is 1. The first-order valence-corrected chi connectivity index (χ1v) is 7.92. The van der Waals surface area contributed by atoms with E-state index in [-0.39, 0.29) is 11.0 Å². The third-order valence-corrected chi connectivity index (χ3v) is 4.52. The van der Waals surface area contributed by atoms with Gasteiger partial charge in [-0.15, -0.1) is 5.10 Å². The van der Waals surface area contributed by atoms with Crippen LogP contribution in [0.15, 0.2) is 37.2 Å². The van der Waals surface area contributed by atoms with Crippen molar-refractivity contribution < 1.29 is 9.21 Å². The summed E-state index contributed by atoms with van der Waals surface area (Å²) in [5.74, 6) is 0.521. The second-order valence-corrected chi connectivity index (χ2v) is 6.31. The molecule has 2 aromatic heterocycles. The summed E-state index contributed by atoms with van der Waals surface area (Å²) in [6.07, 6.45) is 1.68. The molecular formula is C13H9BrN4O3S. The molecule has 0 aliphatic heterocycles. The number of fused-ring (bicyclic) bond motifs is 1. The summed E-state index contributed by atoms with van der Waals surface area (Å²) in [7, 11) is 1.75.